The zero-order valence-electron chi connectivity index (χ0n) is 9.52. The second kappa shape index (κ2) is 4.33. The van der Waals surface area contributed by atoms with Crippen LogP contribution in [0.4, 0.5) is 5.69 Å². The molecule has 0 radical (unpaired) electrons. The molecule has 0 fully saturated rings. The number of rotatable bonds is 2. The maximum absolute atomic E-state index is 10.7. The highest BCUT2D eigenvalue weighted by Crippen LogP contribution is 2.24. The van der Waals surface area contributed by atoms with Crippen molar-refractivity contribution in [3.63, 3.8) is 0 Å². The van der Waals surface area contributed by atoms with Crippen LogP contribution in [0.2, 0.25) is 5.15 Å². The lowest BCUT2D eigenvalue weighted by atomic mass is 10.2. The third kappa shape index (κ3) is 2.02. The number of halogens is 1. The van der Waals surface area contributed by atoms with Gasteiger partial charge in [0.15, 0.2) is 11.0 Å². The van der Waals surface area contributed by atoms with E-state index in [1.54, 1.807) is 35.0 Å². The Bertz CT molecular complexity index is 767. The zero-order valence-corrected chi connectivity index (χ0v) is 10.3. The second-order valence-corrected chi connectivity index (χ2v) is 4.29. The highest BCUT2D eigenvalue weighted by molar-refractivity contribution is 6.29. The third-order valence-corrected chi connectivity index (χ3v) is 2.95. The van der Waals surface area contributed by atoms with Crippen molar-refractivity contribution in [2.24, 2.45) is 0 Å². The summed E-state index contributed by atoms with van der Waals surface area (Å²) in [5.41, 5.74) is 0.884. The molecule has 0 atom stereocenters. The van der Waals surface area contributed by atoms with E-state index >= 15 is 0 Å². The van der Waals surface area contributed by atoms with Crippen molar-refractivity contribution < 1.29 is 4.92 Å². The molecule has 0 spiro atoms. The zero-order chi connectivity index (χ0) is 13.4. The number of benzene rings is 1. The molecule has 0 saturated carbocycles. The summed E-state index contributed by atoms with van der Waals surface area (Å²) in [6.07, 6.45) is 1.78. The van der Waals surface area contributed by atoms with E-state index in [-0.39, 0.29) is 5.69 Å². The monoisotopic (exact) mass is 274 g/mol. The SMILES string of the molecule is O=[N+]([O-])c1ccc2c(ccn2-c2ccc(Cl)nn2)c1. The summed E-state index contributed by atoms with van der Waals surface area (Å²) in [4.78, 5) is 10.3. The maximum Gasteiger partial charge on any atom is 0.270 e. The average molecular weight is 275 g/mol. The Hall–Kier alpha value is -2.47. The number of nitro groups is 1. The van der Waals surface area contributed by atoms with Gasteiger partial charge in [0.1, 0.15) is 0 Å². The lowest BCUT2D eigenvalue weighted by Crippen LogP contribution is -1.97. The van der Waals surface area contributed by atoms with Crippen molar-refractivity contribution in [1.29, 1.82) is 0 Å². The highest BCUT2D eigenvalue weighted by atomic mass is 35.5. The summed E-state index contributed by atoms with van der Waals surface area (Å²) in [6, 6.07) is 9.83. The van der Waals surface area contributed by atoms with Gasteiger partial charge in [-0.25, -0.2) is 0 Å². The fourth-order valence-electron chi connectivity index (χ4n) is 1.88. The van der Waals surface area contributed by atoms with Crippen molar-refractivity contribution in [2.75, 3.05) is 0 Å². The molecular weight excluding hydrogens is 268 g/mol. The van der Waals surface area contributed by atoms with E-state index in [9.17, 15) is 10.1 Å². The van der Waals surface area contributed by atoms with Gasteiger partial charge in [-0.15, -0.1) is 10.2 Å². The number of aromatic nitrogens is 3. The minimum atomic E-state index is -0.418. The van der Waals surface area contributed by atoms with Crippen LogP contribution in [0.3, 0.4) is 0 Å². The topological polar surface area (TPSA) is 73.8 Å². The van der Waals surface area contributed by atoms with Crippen LogP contribution in [0.15, 0.2) is 42.6 Å². The van der Waals surface area contributed by atoms with Crippen LogP contribution < -0.4 is 0 Å². The van der Waals surface area contributed by atoms with Crippen LogP contribution in [-0.4, -0.2) is 19.7 Å². The maximum atomic E-state index is 10.7. The molecule has 94 valence electrons. The van der Waals surface area contributed by atoms with Gasteiger partial charge in [-0.1, -0.05) is 11.6 Å². The summed E-state index contributed by atoms with van der Waals surface area (Å²) in [7, 11) is 0. The Kier molecular flexibility index (Phi) is 2.64. The van der Waals surface area contributed by atoms with Gasteiger partial charge in [0.05, 0.1) is 10.4 Å². The Labute approximate surface area is 112 Å². The highest BCUT2D eigenvalue weighted by Gasteiger charge is 2.10. The van der Waals surface area contributed by atoms with E-state index in [1.807, 2.05) is 0 Å². The van der Waals surface area contributed by atoms with Crippen LogP contribution in [0.25, 0.3) is 16.7 Å². The van der Waals surface area contributed by atoms with Gasteiger partial charge in [-0.2, -0.15) is 0 Å². The normalized spacial score (nSPS) is 10.8. The van der Waals surface area contributed by atoms with E-state index in [0.29, 0.717) is 11.0 Å². The van der Waals surface area contributed by atoms with E-state index in [0.717, 1.165) is 10.9 Å². The molecule has 19 heavy (non-hydrogen) atoms. The molecule has 0 aliphatic carbocycles. The van der Waals surface area contributed by atoms with E-state index in [4.69, 9.17) is 11.6 Å². The number of nitro benzene ring substituents is 1. The smallest absolute Gasteiger partial charge is 0.270 e. The van der Waals surface area contributed by atoms with Gasteiger partial charge >= 0.3 is 0 Å². The minimum absolute atomic E-state index is 0.0624. The quantitative estimate of drug-likeness (QED) is 0.532. The molecule has 0 aliphatic heterocycles. The lowest BCUT2D eigenvalue weighted by Gasteiger charge is -2.03. The summed E-state index contributed by atoms with van der Waals surface area (Å²) in [6.45, 7) is 0. The van der Waals surface area contributed by atoms with Gasteiger partial charge in [-0.3, -0.25) is 14.7 Å². The number of hydrogen-bond donors (Lipinski definition) is 0. The molecule has 7 heteroatoms. The van der Waals surface area contributed by atoms with Crippen LogP contribution in [0.1, 0.15) is 0 Å². The standard InChI is InChI=1S/C12H7ClN4O2/c13-11-3-4-12(15-14-11)16-6-5-8-7-9(17(18)19)1-2-10(8)16/h1-7H. The number of fused-ring (bicyclic) bond motifs is 1. The molecule has 0 N–H and O–H groups in total. The molecule has 2 aromatic heterocycles. The van der Waals surface area contributed by atoms with E-state index < -0.39 is 4.92 Å². The van der Waals surface area contributed by atoms with Crippen molar-refractivity contribution >= 4 is 28.2 Å². The molecule has 0 unspecified atom stereocenters. The minimum Gasteiger partial charge on any atom is -0.300 e. The Balaban J connectivity index is 2.15. The summed E-state index contributed by atoms with van der Waals surface area (Å²) in [5.74, 6) is 0.605. The predicted octanol–water partition coefficient (Wildman–Crippen LogP) is 2.98. The Morgan fingerprint density at radius 1 is 1.16 bits per heavy atom. The second-order valence-electron chi connectivity index (χ2n) is 3.90. The van der Waals surface area contributed by atoms with Crippen molar-refractivity contribution in [3.8, 4) is 5.82 Å². The fourth-order valence-corrected chi connectivity index (χ4v) is 1.98. The Morgan fingerprint density at radius 2 is 2.00 bits per heavy atom. The average Bonchev–Trinajstić information content (AvgIpc) is 2.82. The fraction of sp³-hybridized carbons (Fsp3) is 0. The van der Waals surface area contributed by atoms with Gasteiger partial charge < -0.3 is 0 Å². The number of nitrogens with zero attached hydrogens (tertiary/aromatic N) is 4. The molecule has 2 heterocycles. The first-order valence-corrected chi connectivity index (χ1v) is 5.78. The van der Waals surface area contributed by atoms with Crippen molar-refractivity contribution in [1.82, 2.24) is 14.8 Å². The summed E-state index contributed by atoms with van der Waals surface area (Å²) < 4.78 is 1.79. The lowest BCUT2D eigenvalue weighted by molar-refractivity contribution is -0.384. The van der Waals surface area contributed by atoms with Gasteiger partial charge in [0, 0.05) is 23.7 Å². The first-order valence-electron chi connectivity index (χ1n) is 5.40. The summed E-state index contributed by atoms with van der Waals surface area (Å²) in [5, 5.41) is 19.6. The van der Waals surface area contributed by atoms with Crippen LogP contribution in [0.5, 0.6) is 0 Å². The molecule has 0 saturated heterocycles. The number of hydrogen-bond acceptors (Lipinski definition) is 4. The first-order chi connectivity index (χ1) is 9.15. The van der Waals surface area contributed by atoms with Crippen LogP contribution in [0, 0.1) is 10.1 Å². The molecule has 3 rings (SSSR count). The molecule has 0 amide bonds. The van der Waals surface area contributed by atoms with Gasteiger partial charge in [0.2, 0.25) is 0 Å². The van der Waals surface area contributed by atoms with Crippen molar-refractivity contribution in [2.45, 2.75) is 0 Å². The summed E-state index contributed by atoms with van der Waals surface area (Å²) >= 11 is 5.69. The third-order valence-electron chi connectivity index (χ3n) is 2.75. The molecule has 6 nitrogen and oxygen atoms in total. The van der Waals surface area contributed by atoms with E-state index in [2.05, 4.69) is 10.2 Å². The van der Waals surface area contributed by atoms with Crippen LogP contribution in [-0.2, 0) is 0 Å². The molecule has 1 aromatic carbocycles. The van der Waals surface area contributed by atoms with Gasteiger partial charge in [-0.05, 0) is 24.3 Å². The molecule has 0 aliphatic rings. The predicted molar refractivity (Wildman–Crippen MR) is 70.5 cm³/mol. The van der Waals surface area contributed by atoms with E-state index in [1.165, 1.54) is 12.1 Å². The largest absolute Gasteiger partial charge is 0.300 e. The van der Waals surface area contributed by atoms with Crippen LogP contribution >= 0.6 is 11.6 Å². The number of non-ortho nitro benzene ring substituents is 1. The Morgan fingerprint density at radius 3 is 2.68 bits per heavy atom. The molecular formula is C12H7ClN4O2. The first kappa shape index (κ1) is 11.6. The van der Waals surface area contributed by atoms with Gasteiger partial charge in [0.25, 0.3) is 5.69 Å². The van der Waals surface area contributed by atoms with Crippen molar-refractivity contribution in [3.05, 3.63) is 57.9 Å². The molecule has 0 bridgehead atoms. The molecule has 3 aromatic rings.